The number of hydrogen-bond acceptors (Lipinski definition) is 5. The summed E-state index contributed by atoms with van der Waals surface area (Å²) in [4.78, 5) is 10.9. The molecule has 1 rings (SSSR count). The lowest BCUT2D eigenvalue weighted by Gasteiger charge is -2.20. The maximum absolute atomic E-state index is 11.9. The van der Waals surface area contributed by atoms with Crippen molar-refractivity contribution < 1.29 is 17.9 Å². The molecule has 0 radical (unpaired) electrons. The smallest absolute Gasteiger partial charge is 0.305 e. The van der Waals surface area contributed by atoms with Crippen LogP contribution in [0.4, 0.5) is 0 Å². The summed E-state index contributed by atoms with van der Waals surface area (Å²) < 4.78 is 31.1. The van der Waals surface area contributed by atoms with Gasteiger partial charge in [-0.25, -0.2) is 13.1 Å². The van der Waals surface area contributed by atoms with Crippen molar-refractivity contribution in [2.45, 2.75) is 50.3 Å². The summed E-state index contributed by atoms with van der Waals surface area (Å²) in [5, 5.41) is 0.389. The minimum atomic E-state index is -3.29. The Labute approximate surface area is 119 Å². The summed E-state index contributed by atoms with van der Waals surface area (Å²) in [6.07, 6.45) is 3.52. The maximum atomic E-state index is 11.9. The number of esters is 1. The van der Waals surface area contributed by atoms with E-state index in [-0.39, 0.29) is 24.2 Å². The summed E-state index contributed by atoms with van der Waals surface area (Å²) in [5.74, 6) is 0.628. The number of methoxy groups -OCH3 is 1. The van der Waals surface area contributed by atoms with Crippen LogP contribution in [0.15, 0.2) is 0 Å². The molecule has 0 aromatic rings. The molecule has 1 aliphatic carbocycles. The highest BCUT2D eigenvalue weighted by atomic mass is 32.2. The summed E-state index contributed by atoms with van der Waals surface area (Å²) in [5.41, 5.74) is 0. The number of ether oxygens (including phenoxy) is 1. The van der Waals surface area contributed by atoms with Gasteiger partial charge in [0.25, 0.3) is 0 Å². The first-order chi connectivity index (χ1) is 8.98. The largest absolute Gasteiger partial charge is 0.469 e. The molecular formula is C12H23NO4S2. The highest BCUT2D eigenvalue weighted by Gasteiger charge is 2.30. The number of sulfonamides is 1. The van der Waals surface area contributed by atoms with Crippen LogP contribution in [0.3, 0.4) is 0 Å². The van der Waals surface area contributed by atoms with E-state index in [0.29, 0.717) is 11.7 Å². The van der Waals surface area contributed by atoms with E-state index in [4.69, 9.17) is 0 Å². The number of thioether (sulfide) groups is 1. The van der Waals surface area contributed by atoms with Gasteiger partial charge in [0.05, 0.1) is 12.9 Å². The lowest BCUT2D eigenvalue weighted by atomic mass is 10.3. The molecule has 1 saturated carbocycles. The van der Waals surface area contributed by atoms with E-state index in [2.05, 4.69) is 16.4 Å². The Balaban J connectivity index is 2.39. The molecule has 0 aliphatic heterocycles. The van der Waals surface area contributed by atoms with E-state index >= 15 is 0 Å². The molecule has 2 unspecified atom stereocenters. The van der Waals surface area contributed by atoms with Crippen LogP contribution < -0.4 is 4.72 Å². The predicted molar refractivity (Wildman–Crippen MR) is 77.7 cm³/mol. The van der Waals surface area contributed by atoms with E-state index in [1.807, 2.05) is 11.8 Å². The van der Waals surface area contributed by atoms with Crippen molar-refractivity contribution in [1.29, 1.82) is 0 Å². The highest BCUT2D eigenvalue weighted by molar-refractivity contribution is 8.00. The van der Waals surface area contributed by atoms with Crippen molar-refractivity contribution in [3.63, 3.8) is 0 Å². The molecule has 1 aliphatic rings. The number of nitrogens with one attached hydrogen (secondary N) is 1. The fourth-order valence-electron chi connectivity index (χ4n) is 2.27. The third-order valence-electron chi connectivity index (χ3n) is 3.19. The fourth-order valence-corrected chi connectivity index (χ4v) is 4.94. The Bertz CT molecular complexity index is 383. The van der Waals surface area contributed by atoms with Gasteiger partial charge >= 0.3 is 5.97 Å². The lowest BCUT2D eigenvalue weighted by molar-refractivity contribution is -0.140. The van der Waals surface area contributed by atoms with E-state index in [1.54, 1.807) is 0 Å². The zero-order chi connectivity index (χ0) is 14.3. The average molecular weight is 309 g/mol. The standard InChI is InChI=1S/C12H23NO4S2/c1-3-18-11-7-4-6-10(11)13-19(15,16)9-5-8-12(14)17-2/h10-11,13H,3-9H2,1-2H3. The van der Waals surface area contributed by atoms with Crippen molar-refractivity contribution in [2.24, 2.45) is 0 Å². The first kappa shape index (κ1) is 16.8. The molecule has 0 saturated heterocycles. The van der Waals surface area contributed by atoms with Crippen LogP contribution in [-0.2, 0) is 19.6 Å². The monoisotopic (exact) mass is 309 g/mol. The third-order valence-corrected chi connectivity index (χ3v) is 6.00. The molecule has 2 atom stereocenters. The second-order valence-electron chi connectivity index (χ2n) is 4.65. The van der Waals surface area contributed by atoms with Crippen LogP contribution in [0.1, 0.15) is 39.0 Å². The van der Waals surface area contributed by atoms with Crippen molar-refractivity contribution in [2.75, 3.05) is 18.6 Å². The van der Waals surface area contributed by atoms with Gasteiger partial charge in [0, 0.05) is 17.7 Å². The molecule has 0 heterocycles. The molecule has 7 heteroatoms. The molecule has 0 bridgehead atoms. The summed E-state index contributed by atoms with van der Waals surface area (Å²) >= 11 is 1.82. The van der Waals surface area contributed by atoms with E-state index < -0.39 is 10.0 Å². The van der Waals surface area contributed by atoms with Crippen molar-refractivity contribution in [3.8, 4) is 0 Å². The zero-order valence-corrected chi connectivity index (χ0v) is 13.2. The van der Waals surface area contributed by atoms with Crippen molar-refractivity contribution in [1.82, 2.24) is 4.72 Å². The fraction of sp³-hybridized carbons (Fsp3) is 0.917. The van der Waals surface area contributed by atoms with Gasteiger partial charge in [-0.2, -0.15) is 11.8 Å². The summed E-state index contributed by atoms with van der Waals surface area (Å²) in [6, 6.07) is 0.0491. The maximum Gasteiger partial charge on any atom is 0.305 e. The van der Waals surface area contributed by atoms with Crippen LogP contribution in [0, 0.1) is 0 Å². The molecule has 19 heavy (non-hydrogen) atoms. The average Bonchev–Trinajstić information content (AvgIpc) is 2.76. The van der Waals surface area contributed by atoms with Crippen LogP contribution in [-0.4, -0.2) is 44.3 Å². The second kappa shape index (κ2) is 8.11. The SMILES string of the molecule is CCSC1CCCC1NS(=O)(=O)CCCC(=O)OC. The van der Waals surface area contributed by atoms with Gasteiger partial charge in [-0.05, 0) is 25.0 Å². The Hall–Kier alpha value is -0.270. The number of rotatable bonds is 8. The van der Waals surface area contributed by atoms with Crippen LogP contribution in [0.2, 0.25) is 0 Å². The summed E-state index contributed by atoms with van der Waals surface area (Å²) in [6.45, 7) is 2.09. The minimum Gasteiger partial charge on any atom is -0.469 e. The predicted octanol–water partition coefficient (Wildman–Crippen LogP) is 1.53. The van der Waals surface area contributed by atoms with Gasteiger partial charge in [-0.1, -0.05) is 13.3 Å². The van der Waals surface area contributed by atoms with Crippen LogP contribution >= 0.6 is 11.8 Å². The van der Waals surface area contributed by atoms with E-state index in [9.17, 15) is 13.2 Å². The molecule has 112 valence electrons. The molecule has 0 aromatic carbocycles. The zero-order valence-electron chi connectivity index (χ0n) is 11.6. The number of carbonyl (C=O) groups is 1. The Morgan fingerprint density at radius 2 is 2.16 bits per heavy atom. The lowest BCUT2D eigenvalue weighted by Crippen LogP contribution is -2.40. The second-order valence-corrected chi connectivity index (χ2v) is 8.04. The van der Waals surface area contributed by atoms with E-state index in [0.717, 1.165) is 25.0 Å². The molecule has 1 N–H and O–H groups in total. The quantitative estimate of drug-likeness (QED) is 0.689. The molecular weight excluding hydrogens is 286 g/mol. The van der Waals surface area contributed by atoms with Gasteiger partial charge in [0.2, 0.25) is 10.0 Å². The first-order valence-electron chi connectivity index (χ1n) is 6.67. The third kappa shape index (κ3) is 6.14. The van der Waals surface area contributed by atoms with Gasteiger partial charge in [-0.15, -0.1) is 0 Å². The Morgan fingerprint density at radius 3 is 2.79 bits per heavy atom. The normalized spacial score (nSPS) is 23.5. The molecule has 0 aromatic heterocycles. The number of hydrogen-bond donors (Lipinski definition) is 1. The highest BCUT2D eigenvalue weighted by Crippen LogP contribution is 2.30. The minimum absolute atomic E-state index is 0.0118. The van der Waals surface area contributed by atoms with Crippen molar-refractivity contribution >= 4 is 27.8 Å². The number of carbonyl (C=O) groups excluding carboxylic acids is 1. The van der Waals surface area contributed by atoms with Gasteiger partial charge in [-0.3, -0.25) is 4.79 Å². The van der Waals surface area contributed by atoms with Crippen LogP contribution in [0.25, 0.3) is 0 Å². The van der Waals surface area contributed by atoms with Crippen molar-refractivity contribution in [3.05, 3.63) is 0 Å². The molecule has 5 nitrogen and oxygen atoms in total. The molecule has 0 amide bonds. The van der Waals surface area contributed by atoms with Gasteiger partial charge in [0.15, 0.2) is 0 Å². The Kier molecular flexibility index (Phi) is 7.17. The van der Waals surface area contributed by atoms with Gasteiger partial charge in [0.1, 0.15) is 0 Å². The summed E-state index contributed by atoms with van der Waals surface area (Å²) in [7, 11) is -1.99. The molecule has 1 fully saturated rings. The molecule has 0 spiro atoms. The van der Waals surface area contributed by atoms with Crippen LogP contribution in [0.5, 0.6) is 0 Å². The Morgan fingerprint density at radius 1 is 1.42 bits per heavy atom. The topological polar surface area (TPSA) is 72.5 Å². The van der Waals surface area contributed by atoms with E-state index in [1.165, 1.54) is 7.11 Å². The van der Waals surface area contributed by atoms with Gasteiger partial charge < -0.3 is 4.74 Å². The first-order valence-corrected chi connectivity index (χ1v) is 9.37.